The van der Waals surface area contributed by atoms with Crippen molar-refractivity contribution in [2.75, 3.05) is 13.1 Å². The fourth-order valence-corrected chi connectivity index (χ4v) is 2.72. The molecule has 1 aliphatic carbocycles. The Morgan fingerprint density at radius 2 is 1.81 bits per heavy atom. The first kappa shape index (κ1) is 11.4. The average Bonchev–Trinajstić information content (AvgIpc) is 2.60. The van der Waals surface area contributed by atoms with Crippen molar-refractivity contribution < 1.29 is 19.8 Å². The zero-order valence-corrected chi connectivity index (χ0v) is 9.35. The van der Waals surface area contributed by atoms with E-state index in [1.165, 1.54) is 0 Å². The Kier molecular flexibility index (Phi) is 2.66. The third-order valence-electron chi connectivity index (χ3n) is 3.53. The number of nitrogens with zero attached hydrogens (tertiary/aromatic N) is 1. The minimum Gasteiger partial charge on any atom is -0.481 e. The number of likely N-dealkylation sites (tertiary alicyclic amines) is 1. The number of β-amino-alcohol motifs (C(OH)–C–C–N with tert-alkyl or cyclic N) is 1. The molecule has 2 N–H and O–H groups in total. The SMILES string of the molecule is CC1(O)CN(C(=O)[C@@H]2CCC[C@@H]2C(=O)O)C1. The van der Waals surface area contributed by atoms with Gasteiger partial charge in [-0.1, -0.05) is 6.42 Å². The van der Waals surface area contributed by atoms with Gasteiger partial charge in [0.2, 0.25) is 5.91 Å². The number of carbonyl (C=O) groups excluding carboxylic acids is 1. The van der Waals surface area contributed by atoms with E-state index in [1.807, 2.05) is 0 Å². The fraction of sp³-hybridized carbons (Fsp3) is 0.818. The third-order valence-corrected chi connectivity index (χ3v) is 3.53. The highest BCUT2D eigenvalue weighted by molar-refractivity contribution is 5.86. The maximum absolute atomic E-state index is 12.0. The van der Waals surface area contributed by atoms with E-state index < -0.39 is 17.5 Å². The topological polar surface area (TPSA) is 77.8 Å². The second-order valence-electron chi connectivity index (χ2n) is 5.17. The van der Waals surface area contributed by atoms with E-state index in [1.54, 1.807) is 11.8 Å². The second kappa shape index (κ2) is 3.73. The first-order valence-corrected chi connectivity index (χ1v) is 5.65. The van der Waals surface area contributed by atoms with Crippen LogP contribution in [0.3, 0.4) is 0 Å². The van der Waals surface area contributed by atoms with Gasteiger partial charge in [-0.15, -0.1) is 0 Å². The van der Waals surface area contributed by atoms with Crippen molar-refractivity contribution in [2.24, 2.45) is 11.8 Å². The lowest BCUT2D eigenvalue weighted by atomic mass is 9.90. The van der Waals surface area contributed by atoms with E-state index in [4.69, 9.17) is 5.11 Å². The number of carboxylic acid groups (broad SMARTS) is 1. The monoisotopic (exact) mass is 227 g/mol. The van der Waals surface area contributed by atoms with E-state index >= 15 is 0 Å². The molecule has 2 fully saturated rings. The third kappa shape index (κ3) is 1.91. The molecule has 0 unspecified atom stereocenters. The largest absolute Gasteiger partial charge is 0.481 e. The maximum atomic E-state index is 12.0. The van der Waals surface area contributed by atoms with Crippen molar-refractivity contribution >= 4 is 11.9 Å². The van der Waals surface area contributed by atoms with Crippen LogP contribution in [0.5, 0.6) is 0 Å². The summed E-state index contributed by atoms with van der Waals surface area (Å²) in [5, 5.41) is 18.5. The van der Waals surface area contributed by atoms with Crippen LogP contribution in [0.2, 0.25) is 0 Å². The lowest BCUT2D eigenvalue weighted by Gasteiger charge is -2.45. The molecule has 1 amide bonds. The summed E-state index contributed by atoms with van der Waals surface area (Å²) in [6, 6.07) is 0. The molecular formula is C11H17NO4. The number of rotatable bonds is 2. The van der Waals surface area contributed by atoms with Crippen molar-refractivity contribution in [1.29, 1.82) is 0 Å². The zero-order valence-electron chi connectivity index (χ0n) is 9.35. The summed E-state index contributed by atoms with van der Waals surface area (Å²) < 4.78 is 0. The Hall–Kier alpha value is -1.10. The van der Waals surface area contributed by atoms with Crippen LogP contribution in [0, 0.1) is 11.8 Å². The number of carboxylic acids is 1. The second-order valence-corrected chi connectivity index (χ2v) is 5.17. The lowest BCUT2D eigenvalue weighted by molar-refractivity contribution is -0.161. The molecule has 0 aromatic rings. The van der Waals surface area contributed by atoms with E-state index in [2.05, 4.69) is 0 Å². The van der Waals surface area contributed by atoms with E-state index in [0.29, 0.717) is 25.9 Å². The number of carbonyl (C=O) groups is 2. The van der Waals surface area contributed by atoms with Crippen LogP contribution in [-0.2, 0) is 9.59 Å². The van der Waals surface area contributed by atoms with E-state index in [-0.39, 0.29) is 11.8 Å². The van der Waals surface area contributed by atoms with Gasteiger partial charge in [0.15, 0.2) is 0 Å². The molecule has 90 valence electrons. The minimum atomic E-state index is -0.872. The molecule has 1 saturated carbocycles. The van der Waals surface area contributed by atoms with Crippen molar-refractivity contribution in [3.8, 4) is 0 Å². The molecule has 0 spiro atoms. The molecule has 0 aromatic carbocycles. The summed E-state index contributed by atoms with van der Waals surface area (Å²) in [7, 11) is 0. The number of amides is 1. The number of aliphatic carboxylic acids is 1. The predicted molar refractivity (Wildman–Crippen MR) is 55.7 cm³/mol. The Morgan fingerprint density at radius 1 is 1.25 bits per heavy atom. The molecule has 0 bridgehead atoms. The molecule has 5 nitrogen and oxygen atoms in total. The van der Waals surface area contributed by atoms with Crippen LogP contribution < -0.4 is 0 Å². The first-order chi connectivity index (χ1) is 7.41. The summed E-state index contributed by atoms with van der Waals surface area (Å²) >= 11 is 0. The summed E-state index contributed by atoms with van der Waals surface area (Å²) in [6.07, 6.45) is 2.06. The van der Waals surface area contributed by atoms with Crippen molar-refractivity contribution in [3.05, 3.63) is 0 Å². The van der Waals surface area contributed by atoms with Crippen LogP contribution in [0.25, 0.3) is 0 Å². The van der Waals surface area contributed by atoms with Crippen molar-refractivity contribution in [1.82, 2.24) is 4.90 Å². The van der Waals surface area contributed by atoms with Crippen LogP contribution >= 0.6 is 0 Å². The number of aliphatic hydroxyl groups is 1. The molecular weight excluding hydrogens is 210 g/mol. The van der Waals surface area contributed by atoms with Gasteiger partial charge in [-0.3, -0.25) is 9.59 Å². The van der Waals surface area contributed by atoms with Crippen molar-refractivity contribution in [3.63, 3.8) is 0 Å². The summed E-state index contributed by atoms with van der Waals surface area (Å²) in [4.78, 5) is 24.5. The predicted octanol–water partition coefficient (Wildman–Crippen LogP) is 0.0805. The van der Waals surface area contributed by atoms with E-state index in [9.17, 15) is 14.7 Å². The normalized spacial score (nSPS) is 32.2. The molecule has 2 atom stereocenters. The lowest BCUT2D eigenvalue weighted by Crippen LogP contribution is -2.63. The molecule has 2 aliphatic rings. The Morgan fingerprint density at radius 3 is 2.31 bits per heavy atom. The van der Waals surface area contributed by atoms with Crippen LogP contribution in [0.15, 0.2) is 0 Å². The van der Waals surface area contributed by atoms with Gasteiger partial charge in [0.05, 0.1) is 30.5 Å². The molecule has 0 aromatic heterocycles. The minimum absolute atomic E-state index is 0.101. The smallest absolute Gasteiger partial charge is 0.307 e. The molecule has 16 heavy (non-hydrogen) atoms. The summed E-state index contributed by atoms with van der Waals surface area (Å²) in [6.45, 7) is 2.34. The maximum Gasteiger partial charge on any atom is 0.307 e. The molecule has 5 heteroatoms. The zero-order chi connectivity index (χ0) is 11.9. The van der Waals surface area contributed by atoms with Gasteiger partial charge in [-0.25, -0.2) is 0 Å². The Labute approximate surface area is 94.0 Å². The van der Waals surface area contributed by atoms with E-state index in [0.717, 1.165) is 6.42 Å². The molecule has 1 aliphatic heterocycles. The standard InChI is InChI=1S/C11H17NO4/c1-11(16)5-12(6-11)9(13)7-3-2-4-8(7)10(14)15/h7-8,16H,2-6H2,1H3,(H,14,15)/t7-,8+/m1/s1. The highest BCUT2D eigenvalue weighted by Gasteiger charge is 2.46. The number of hydrogen-bond donors (Lipinski definition) is 2. The van der Waals surface area contributed by atoms with Crippen LogP contribution in [-0.4, -0.2) is 45.7 Å². The van der Waals surface area contributed by atoms with Gasteiger partial charge < -0.3 is 15.1 Å². The van der Waals surface area contributed by atoms with Gasteiger partial charge in [0.1, 0.15) is 0 Å². The van der Waals surface area contributed by atoms with Gasteiger partial charge in [0, 0.05) is 0 Å². The summed E-state index contributed by atoms with van der Waals surface area (Å²) in [5.74, 6) is -1.88. The molecule has 1 heterocycles. The van der Waals surface area contributed by atoms with Crippen LogP contribution in [0.1, 0.15) is 26.2 Å². The van der Waals surface area contributed by atoms with Gasteiger partial charge in [0.25, 0.3) is 0 Å². The molecule has 0 radical (unpaired) electrons. The molecule has 2 rings (SSSR count). The highest BCUT2D eigenvalue weighted by atomic mass is 16.4. The van der Waals surface area contributed by atoms with Crippen LogP contribution in [0.4, 0.5) is 0 Å². The van der Waals surface area contributed by atoms with Gasteiger partial charge >= 0.3 is 5.97 Å². The first-order valence-electron chi connectivity index (χ1n) is 5.65. The summed E-state index contributed by atoms with van der Waals surface area (Å²) in [5.41, 5.74) is -0.785. The van der Waals surface area contributed by atoms with Crippen molar-refractivity contribution in [2.45, 2.75) is 31.8 Å². The fourth-order valence-electron chi connectivity index (χ4n) is 2.72. The van der Waals surface area contributed by atoms with Gasteiger partial charge in [-0.05, 0) is 19.8 Å². The molecule has 1 saturated heterocycles. The Bertz CT molecular complexity index is 318. The Balaban J connectivity index is 1.97. The quantitative estimate of drug-likeness (QED) is 0.700. The highest BCUT2D eigenvalue weighted by Crippen LogP contribution is 2.35. The average molecular weight is 227 g/mol. The number of hydrogen-bond acceptors (Lipinski definition) is 3. The van der Waals surface area contributed by atoms with Gasteiger partial charge in [-0.2, -0.15) is 0 Å².